The van der Waals surface area contributed by atoms with Gasteiger partial charge < -0.3 is 9.72 Å². The van der Waals surface area contributed by atoms with Crippen LogP contribution in [0.3, 0.4) is 0 Å². The quantitative estimate of drug-likeness (QED) is 0.644. The van der Waals surface area contributed by atoms with Crippen molar-refractivity contribution < 1.29 is 13.2 Å². The summed E-state index contributed by atoms with van der Waals surface area (Å²) in [7, 11) is 1.12. The number of fused-ring (bicyclic) bond motifs is 1. The fourth-order valence-corrected chi connectivity index (χ4v) is 5.31. The number of benzene rings is 2. The van der Waals surface area contributed by atoms with Gasteiger partial charge in [0.25, 0.3) is 0 Å². The smallest absolute Gasteiger partial charge is 0.243 e. The van der Waals surface area contributed by atoms with Crippen LogP contribution >= 0.6 is 0 Å². The van der Waals surface area contributed by atoms with E-state index in [0.717, 1.165) is 42.0 Å². The molecule has 0 bridgehead atoms. The molecule has 0 amide bonds. The maximum Gasteiger partial charge on any atom is 0.243 e. The summed E-state index contributed by atoms with van der Waals surface area (Å²) in [5, 5.41) is 1.44. The third kappa shape index (κ3) is 3.85. The number of piperidine rings is 1. The predicted molar refractivity (Wildman–Crippen MR) is 120 cm³/mol. The van der Waals surface area contributed by atoms with Crippen LogP contribution in [0, 0.1) is 0 Å². The molecule has 1 saturated heterocycles. The first-order valence-corrected chi connectivity index (χ1v) is 11.8. The van der Waals surface area contributed by atoms with Gasteiger partial charge in [-0.15, -0.1) is 0 Å². The highest BCUT2D eigenvalue weighted by Crippen LogP contribution is 2.40. The molecule has 3 aromatic rings. The number of aromatic nitrogens is 1. The Balaban J connectivity index is 1.83. The highest BCUT2D eigenvalue weighted by molar-refractivity contribution is 7.89. The Labute approximate surface area is 178 Å². The summed E-state index contributed by atoms with van der Waals surface area (Å²) in [5.74, 6) is 0.676. The number of rotatable bonds is 6. The lowest BCUT2D eigenvalue weighted by molar-refractivity contribution is 0.219. The van der Waals surface area contributed by atoms with Gasteiger partial charge in [-0.2, -0.15) is 0 Å². The van der Waals surface area contributed by atoms with Gasteiger partial charge in [0, 0.05) is 48.4 Å². The van der Waals surface area contributed by atoms with E-state index >= 15 is 0 Å². The first kappa shape index (κ1) is 20.9. The topological polar surface area (TPSA) is 65.6 Å². The number of hydrogen-bond acceptors (Lipinski definition) is 4. The maximum absolute atomic E-state index is 13.1. The van der Waals surface area contributed by atoms with Crippen LogP contribution in [0.5, 0.6) is 5.75 Å². The molecule has 0 radical (unpaired) electrons. The summed E-state index contributed by atoms with van der Waals surface area (Å²) in [4.78, 5) is 6.23. The van der Waals surface area contributed by atoms with E-state index in [-0.39, 0.29) is 4.90 Å². The average Bonchev–Trinajstić information content (AvgIpc) is 3.21. The SMILES string of the molecule is COc1c(-c2ccc(CN3CCCCC3)[nH]2)cc(S(=O)(=O)N(C)C)c2ccccc12. The highest BCUT2D eigenvalue weighted by Gasteiger charge is 2.25. The van der Waals surface area contributed by atoms with E-state index in [0.29, 0.717) is 11.1 Å². The molecule has 0 aliphatic carbocycles. The molecule has 1 fully saturated rings. The number of ether oxygens (including phenoxy) is 1. The summed E-state index contributed by atoms with van der Waals surface area (Å²) in [6.07, 6.45) is 3.81. The molecule has 2 aromatic carbocycles. The Morgan fingerprint density at radius 3 is 2.40 bits per heavy atom. The summed E-state index contributed by atoms with van der Waals surface area (Å²) in [6, 6.07) is 13.3. The maximum atomic E-state index is 13.1. The molecule has 160 valence electrons. The van der Waals surface area contributed by atoms with Gasteiger partial charge in [0.1, 0.15) is 5.75 Å². The number of nitrogens with zero attached hydrogens (tertiary/aromatic N) is 2. The standard InChI is InChI=1S/C23H29N3O3S/c1-25(2)30(27,28)22-15-20(23(29-3)19-10-6-5-9-18(19)22)21-12-11-17(24-21)16-26-13-7-4-8-14-26/h5-6,9-12,15,24H,4,7-8,13-14,16H2,1-3H3. The highest BCUT2D eigenvalue weighted by atomic mass is 32.2. The zero-order chi connectivity index (χ0) is 21.3. The Bertz CT molecular complexity index is 1150. The summed E-state index contributed by atoms with van der Waals surface area (Å²) >= 11 is 0. The van der Waals surface area contributed by atoms with Gasteiger partial charge in [-0.1, -0.05) is 30.7 Å². The minimum atomic E-state index is -3.62. The van der Waals surface area contributed by atoms with Crippen LogP contribution in [0.25, 0.3) is 22.0 Å². The Kier molecular flexibility index (Phi) is 5.86. The van der Waals surface area contributed by atoms with Crippen LogP contribution < -0.4 is 4.74 Å². The fraction of sp³-hybridized carbons (Fsp3) is 0.391. The molecule has 0 atom stereocenters. The van der Waals surface area contributed by atoms with Gasteiger partial charge in [-0.3, -0.25) is 4.90 Å². The molecule has 7 heteroatoms. The zero-order valence-electron chi connectivity index (χ0n) is 17.8. The van der Waals surface area contributed by atoms with E-state index in [1.54, 1.807) is 27.3 Å². The second-order valence-electron chi connectivity index (χ2n) is 8.02. The van der Waals surface area contributed by atoms with Gasteiger partial charge in [0.2, 0.25) is 10.0 Å². The number of hydrogen-bond donors (Lipinski definition) is 1. The van der Waals surface area contributed by atoms with Crippen molar-refractivity contribution >= 4 is 20.8 Å². The number of sulfonamides is 1. The van der Waals surface area contributed by atoms with Crippen molar-refractivity contribution in [2.24, 2.45) is 0 Å². The second-order valence-corrected chi connectivity index (χ2v) is 10.1. The molecule has 0 spiro atoms. The Morgan fingerprint density at radius 2 is 1.73 bits per heavy atom. The monoisotopic (exact) mass is 427 g/mol. The van der Waals surface area contributed by atoms with E-state index in [4.69, 9.17) is 4.74 Å². The van der Waals surface area contributed by atoms with Crippen LogP contribution in [0.4, 0.5) is 0 Å². The van der Waals surface area contributed by atoms with Gasteiger partial charge in [0.05, 0.1) is 12.0 Å². The van der Waals surface area contributed by atoms with Crippen LogP contribution in [0.15, 0.2) is 47.4 Å². The van der Waals surface area contributed by atoms with E-state index in [9.17, 15) is 8.42 Å². The number of H-pyrrole nitrogens is 1. The van der Waals surface area contributed by atoms with Gasteiger partial charge in [-0.05, 0) is 44.1 Å². The number of methoxy groups -OCH3 is 1. The number of aromatic amines is 1. The van der Waals surface area contributed by atoms with Crippen molar-refractivity contribution in [3.8, 4) is 17.0 Å². The number of nitrogens with one attached hydrogen (secondary N) is 1. The van der Waals surface area contributed by atoms with E-state index in [1.165, 1.54) is 23.6 Å². The van der Waals surface area contributed by atoms with Crippen molar-refractivity contribution in [2.45, 2.75) is 30.7 Å². The normalized spacial score (nSPS) is 15.7. The molecule has 0 saturated carbocycles. The van der Waals surface area contributed by atoms with E-state index in [1.807, 2.05) is 30.3 Å². The third-order valence-electron chi connectivity index (χ3n) is 5.80. The lowest BCUT2D eigenvalue weighted by Gasteiger charge is -2.25. The zero-order valence-corrected chi connectivity index (χ0v) is 18.6. The molecule has 0 unspecified atom stereocenters. The summed E-state index contributed by atoms with van der Waals surface area (Å²) in [6.45, 7) is 3.12. The van der Waals surface area contributed by atoms with E-state index < -0.39 is 10.0 Å². The number of likely N-dealkylation sites (tertiary alicyclic amines) is 1. The van der Waals surface area contributed by atoms with Crippen molar-refractivity contribution in [3.63, 3.8) is 0 Å². The Morgan fingerprint density at radius 1 is 1.03 bits per heavy atom. The van der Waals surface area contributed by atoms with Gasteiger partial charge in [-0.25, -0.2) is 12.7 Å². The van der Waals surface area contributed by atoms with Crippen LogP contribution in [-0.4, -0.2) is 56.9 Å². The summed E-state index contributed by atoms with van der Waals surface area (Å²) in [5.41, 5.74) is 2.74. The fourth-order valence-electron chi connectivity index (χ4n) is 4.19. The predicted octanol–water partition coefficient (Wildman–Crippen LogP) is 4.08. The molecule has 1 aliphatic heterocycles. The molecule has 1 aromatic heterocycles. The minimum absolute atomic E-state index is 0.283. The van der Waals surface area contributed by atoms with Crippen molar-refractivity contribution in [3.05, 3.63) is 48.2 Å². The molecule has 6 nitrogen and oxygen atoms in total. The first-order chi connectivity index (χ1) is 14.4. The minimum Gasteiger partial charge on any atom is -0.495 e. The average molecular weight is 428 g/mol. The lowest BCUT2D eigenvalue weighted by Crippen LogP contribution is -2.29. The first-order valence-electron chi connectivity index (χ1n) is 10.3. The van der Waals surface area contributed by atoms with Crippen LogP contribution in [0.2, 0.25) is 0 Å². The largest absolute Gasteiger partial charge is 0.495 e. The molecular weight excluding hydrogens is 398 g/mol. The van der Waals surface area contributed by atoms with Crippen molar-refractivity contribution in [1.29, 1.82) is 0 Å². The van der Waals surface area contributed by atoms with E-state index in [2.05, 4.69) is 16.0 Å². The molecule has 2 heterocycles. The van der Waals surface area contributed by atoms with Crippen molar-refractivity contribution in [1.82, 2.24) is 14.2 Å². The summed E-state index contributed by atoms with van der Waals surface area (Å²) < 4.78 is 33.1. The molecule has 1 N–H and O–H groups in total. The van der Waals surface area contributed by atoms with Gasteiger partial charge in [0.15, 0.2) is 0 Å². The molecule has 30 heavy (non-hydrogen) atoms. The molecule has 4 rings (SSSR count). The van der Waals surface area contributed by atoms with Crippen LogP contribution in [0.1, 0.15) is 25.0 Å². The molecule has 1 aliphatic rings. The molecular formula is C23H29N3O3S. The second kappa shape index (κ2) is 8.41. The Hall–Kier alpha value is -2.35. The van der Waals surface area contributed by atoms with Gasteiger partial charge >= 0.3 is 0 Å². The third-order valence-corrected chi connectivity index (χ3v) is 7.65. The van der Waals surface area contributed by atoms with Crippen molar-refractivity contribution in [2.75, 3.05) is 34.3 Å². The van der Waals surface area contributed by atoms with Crippen LogP contribution in [-0.2, 0) is 16.6 Å². The lowest BCUT2D eigenvalue weighted by atomic mass is 10.0.